The van der Waals surface area contributed by atoms with Gasteiger partial charge in [-0.3, -0.25) is 4.79 Å². The molecule has 1 unspecified atom stereocenters. The van der Waals surface area contributed by atoms with E-state index in [1.54, 1.807) is 0 Å². The number of para-hydroxylation sites is 1. The van der Waals surface area contributed by atoms with Crippen LogP contribution in [-0.4, -0.2) is 17.4 Å². The Kier molecular flexibility index (Phi) is 2.61. The number of carbonyl (C=O) groups is 1. The van der Waals surface area contributed by atoms with Crippen LogP contribution in [0.25, 0.3) is 10.9 Å². The van der Waals surface area contributed by atoms with Crippen molar-refractivity contribution in [2.24, 2.45) is 0 Å². The summed E-state index contributed by atoms with van der Waals surface area (Å²) < 4.78 is 5.63. The third kappa shape index (κ3) is 1.85. The van der Waals surface area contributed by atoms with Crippen molar-refractivity contribution in [3.63, 3.8) is 0 Å². The average molecular weight is 277 g/mol. The summed E-state index contributed by atoms with van der Waals surface area (Å²) in [6, 6.07) is 13.9. The molecule has 0 radical (unpaired) electrons. The summed E-state index contributed by atoms with van der Waals surface area (Å²) in [5.74, 6) is 0.739. The molecule has 2 heterocycles. The number of aromatic nitrogens is 1. The average Bonchev–Trinajstić information content (AvgIpc) is 3.10. The van der Waals surface area contributed by atoms with Crippen LogP contribution in [0.3, 0.4) is 0 Å². The van der Waals surface area contributed by atoms with E-state index in [4.69, 9.17) is 4.74 Å². The second kappa shape index (κ2) is 4.48. The van der Waals surface area contributed by atoms with Gasteiger partial charge in [-0.25, -0.2) is 0 Å². The van der Waals surface area contributed by atoms with Crippen LogP contribution in [0, 0.1) is 6.92 Å². The zero-order valence-electron chi connectivity index (χ0n) is 11.7. The van der Waals surface area contributed by atoms with Gasteiger partial charge in [0.15, 0.2) is 5.78 Å². The molecular weight excluding hydrogens is 262 g/mol. The SMILES string of the molecule is Cc1ccc2c(C(=O)C3COc4ccccc43)c[nH]c2c1. The maximum Gasteiger partial charge on any atom is 0.176 e. The number of hydrogen-bond acceptors (Lipinski definition) is 2. The highest BCUT2D eigenvalue weighted by molar-refractivity contribution is 6.11. The second-order valence-corrected chi connectivity index (χ2v) is 5.52. The molecule has 3 heteroatoms. The van der Waals surface area contributed by atoms with Crippen molar-refractivity contribution < 1.29 is 9.53 Å². The van der Waals surface area contributed by atoms with E-state index in [0.717, 1.165) is 27.8 Å². The number of ketones is 1. The highest BCUT2D eigenvalue weighted by Gasteiger charge is 2.31. The molecule has 3 nitrogen and oxygen atoms in total. The van der Waals surface area contributed by atoms with Gasteiger partial charge in [0.05, 0.1) is 5.92 Å². The van der Waals surface area contributed by atoms with Crippen molar-refractivity contribution >= 4 is 16.7 Å². The molecule has 0 fully saturated rings. The number of hydrogen-bond donors (Lipinski definition) is 1. The Morgan fingerprint density at radius 1 is 1.24 bits per heavy atom. The van der Waals surface area contributed by atoms with Gasteiger partial charge in [-0.2, -0.15) is 0 Å². The smallest absolute Gasteiger partial charge is 0.176 e. The fourth-order valence-corrected chi connectivity index (χ4v) is 3.01. The molecule has 104 valence electrons. The van der Waals surface area contributed by atoms with Crippen LogP contribution in [0.4, 0.5) is 0 Å². The first kappa shape index (κ1) is 12.2. The molecule has 4 rings (SSSR count). The molecule has 0 saturated carbocycles. The number of H-pyrrole nitrogens is 1. The second-order valence-electron chi connectivity index (χ2n) is 5.52. The lowest BCUT2D eigenvalue weighted by atomic mass is 9.92. The lowest BCUT2D eigenvalue weighted by molar-refractivity contribution is 0.0949. The Morgan fingerprint density at radius 2 is 2.10 bits per heavy atom. The monoisotopic (exact) mass is 277 g/mol. The highest BCUT2D eigenvalue weighted by atomic mass is 16.5. The molecule has 1 N–H and O–H groups in total. The lowest BCUT2D eigenvalue weighted by Gasteiger charge is -2.07. The van der Waals surface area contributed by atoms with Crippen LogP contribution < -0.4 is 4.74 Å². The Hall–Kier alpha value is -2.55. The molecule has 0 aliphatic carbocycles. The van der Waals surface area contributed by atoms with Gasteiger partial charge in [0.2, 0.25) is 0 Å². The van der Waals surface area contributed by atoms with Crippen molar-refractivity contribution in [2.75, 3.05) is 6.61 Å². The first-order valence-corrected chi connectivity index (χ1v) is 7.08. The highest BCUT2D eigenvalue weighted by Crippen LogP contribution is 2.36. The molecule has 3 aromatic rings. The van der Waals surface area contributed by atoms with E-state index in [-0.39, 0.29) is 11.7 Å². The standard InChI is InChI=1S/C18H15NO2/c1-11-6-7-12-14(9-19-16(12)8-11)18(20)15-10-21-17-5-3-2-4-13(15)17/h2-9,15,19H,10H2,1H3. The fraction of sp³-hybridized carbons (Fsp3) is 0.167. The summed E-state index contributed by atoms with van der Waals surface area (Å²) >= 11 is 0. The molecular formula is C18H15NO2. The Morgan fingerprint density at radius 3 is 3.00 bits per heavy atom. The molecule has 0 spiro atoms. The Bertz CT molecular complexity index is 847. The van der Waals surface area contributed by atoms with Gasteiger partial charge in [-0.1, -0.05) is 30.3 Å². The molecule has 0 bridgehead atoms. The lowest BCUT2D eigenvalue weighted by Crippen LogP contribution is -2.13. The van der Waals surface area contributed by atoms with E-state index < -0.39 is 0 Å². The Labute approximate surface area is 122 Å². The number of aromatic amines is 1. The Balaban J connectivity index is 1.78. The van der Waals surface area contributed by atoms with E-state index in [2.05, 4.69) is 11.1 Å². The van der Waals surface area contributed by atoms with Crippen molar-refractivity contribution in [1.82, 2.24) is 4.98 Å². The maximum atomic E-state index is 12.9. The third-order valence-corrected chi connectivity index (χ3v) is 4.12. The molecule has 0 amide bonds. The first-order valence-electron chi connectivity index (χ1n) is 7.08. The zero-order chi connectivity index (χ0) is 14.4. The summed E-state index contributed by atoms with van der Waals surface area (Å²) in [6.07, 6.45) is 1.81. The number of nitrogens with one attached hydrogen (secondary N) is 1. The van der Waals surface area contributed by atoms with Crippen LogP contribution in [0.1, 0.15) is 27.4 Å². The normalized spacial score (nSPS) is 16.7. The number of rotatable bonds is 2. The van der Waals surface area contributed by atoms with Gasteiger partial charge in [0, 0.05) is 28.2 Å². The number of fused-ring (bicyclic) bond motifs is 2. The third-order valence-electron chi connectivity index (χ3n) is 4.12. The predicted molar refractivity (Wildman–Crippen MR) is 82.0 cm³/mol. The number of Topliss-reactive ketones (excluding diaryl/α,β-unsaturated/α-hetero) is 1. The van der Waals surface area contributed by atoms with Crippen molar-refractivity contribution in [1.29, 1.82) is 0 Å². The van der Waals surface area contributed by atoms with Gasteiger partial charge in [0.25, 0.3) is 0 Å². The van der Waals surface area contributed by atoms with E-state index in [9.17, 15) is 4.79 Å². The van der Waals surface area contributed by atoms with Crippen LogP contribution in [0.5, 0.6) is 5.75 Å². The summed E-state index contributed by atoms with van der Waals surface area (Å²) in [5.41, 5.74) is 3.92. The van der Waals surface area contributed by atoms with Crippen LogP contribution in [0.15, 0.2) is 48.7 Å². The summed E-state index contributed by atoms with van der Waals surface area (Å²) in [7, 11) is 0. The summed E-state index contributed by atoms with van der Waals surface area (Å²) in [5, 5.41) is 0.981. The van der Waals surface area contributed by atoms with Crippen LogP contribution in [-0.2, 0) is 0 Å². The van der Waals surface area contributed by atoms with Crippen molar-refractivity contribution in [3.05, 3.63) is 65.4 Å². The van der Waals surface area contributed by atoms with Crippen LogP contribution in [0.2, 0.25) is 0 Å². The van der Waals surface area contributed by atoms with E-state index in [1.165, 1.54) is 5.56 Å². The largest absolute Gasteiger partial charge is 0.492 e. The molecule has 1 atom stereocenters. The summed E-state index contributed by atoms with van der Waals surface area (Å²) in [6.45, 7) is 2.47. The summed E-state index contributed by atoms with van der Waals surface area (Å²) in [4.78, 5) is 16.1. The maximum absolute atomic E-state index is 12.9. The van der Waals surface area contributed by atoms with Gasteiger partial charge in [-0.05, 0) is 24.6 Å². The number of benzene rings is 2. The molecule has 21 heavy (non-hydrogen) atoms. The van der Waals surface area contributed by atoms with Crippen molar-refractivity contribution in [3.8, 4) is 5.75 Å². The van der Waals surface area contributed by atoms with Gasteiger partial charge < -0.3 is 9.72 Å². The predicted octanol–water partition coefficient (Wildman–Crippen LogP) is 3.84. The molecule has 2 aromatic carbocycles. The fourth-order valence-electron chi connectivity index (χ4n) is 3.01. The van der Waals surface area contributed by atoms with Gasteiger partial charge >= 0.3 is 0 Å². The molecule has 1 aliphatic rings. The van der Waals surface area contributed by atoms with Gasteiger partial charge in [-0.15, -0.1) is 0 Å². The topological polar surface area (TPSA) is 42.1 Å². The molecule has 1 aromatic heterocycles. The molecule has 0 saturated heterocycles. The first-order chi connectivity index (χ1) is 10.2. The van der Waals surface area contributed by atoms with E-state index >= 15 is 0 Å². The number of ether oxygens (including phenoxy) is 1. The van der Waals surface area contributed by atoms with Crippen molar-refractivity contribution in [2.45, 2.75) is 12.8 Å². The quantitative estimate of drug-likeness (QED) is 0.723. The minimum Gasteiger partial charge on any atom is -0.492 e. The minimum absolute atomic E-state index is 0.120. The number of aryl methyl sites for hydroxylation is 1. The van der Waals surface area contributed by atoms with E-state index in [0.29, 0.717) is 6.61 Å². The van der Waals surface area contributed by atoms with Crippen LogP contribution >= 0.6 is 0 Å². The zero-order valence-corrected chi connectivity index (χ0v) is 11.7. The van der Waals surface area contributed by atoms with Gasteiger partial charge in [0.1, 0.15) is 12.4 Å². The minimum atomic E-state index is -0.207. The number of carbonyl (C=O) groups excluding carboxylic acids is 1. The van der Waals surface area contributed by atoms with E-state index in [1.807, 2.05) is 49.5 Å². The molecule has 1 aliphatic heterocycles.